The van der Waals surface area contributed by atoms with Crippen molar-refractivity contribution >= 4 is 29.8 Å². The summed E-state index contributed by atoms with van der Waals surface area (Å²) in [6.45, 7) is 0.752. The van der Waals surface area contributed by atoms with Crippen LogP contribution in [-0.4, -0.2) is 5.84 Å². The van der Waals surface area contributed by atoms with Gasteiger partial charge in [-0.1, -0.05) is 24.3 Å². The molecule has 1 heterocycles. The predicted octanol–water partition coefficient (Wildman–Crippen LogP) is 1.72. The molecule has 2 nitrogen and oxygen atoms in total. The molecule has 1 aromatic carbocycles. The molecule has 0 atom stereocenters. The Morgan fingerprint density at radius 2 is 1.83 bits per heavy atom. The first kappa shape index (κ1) is 9.51. The van der Waals surface area contributed by atoms with Gasteiger partial charge in [0.25, 0.3) is 0 Å². The van der Waals surface area contributed by atoms with Crippen LogP contribution in [0.1, 0.15) is 11.1 Å². The van der Waals surface area contributed by atoms with Gasteiger partial charge in [-0.05, 0) is 11.1 Å². The van der Waals surface area contributed by atoms with Gasteiger partial charge < -0.3 is 5.73 Å². The molecular weight excluding hydrogens is 263 g/mol. The van der Waals surface area contributed by atoms with E-state index in [0.717, 1.165) is 18.8 Å². The molecule has 1 aliphatic rings. The van der Waals surface area contributed by atoms with Crippen molar-refractivity contribution in [2.45, 2.75) is 13.0 Å². The Morgan fingerprint density at radius 1 is 1.17 bits per heavy atom. The van der Waals surface area contributed by atoms with Crippen molar-refractivity contribution in [1.82, 2.24) is 0 Å². The number of rotatable bonds is 0. The van der Waals surface area contributed by atoms with Gasteiger partial charge in [-0.25, -0.2) is 0 Å². The predicted molar refractivity (Wildman–Crippen MR) is 60.9 cm³/mol. The number of nitrogens with two attached hydrogens (primary N) is 1. The van der Waals surface area contributed by atoms with Crippen LogP contribution in [0.4, 0.5) is 0 Å². The van der Waals surface area contributed by atoms with Gasteiger partial charge in [0.2, 0.25) is 0 Å². The number of hydrogen-bond donors (Lipinski definition) is 1. The maximum atomic E-state index is 5.60. The van der Waals surface area contributed by atoms with Gasteiger partial charge in [-0.3, -0.25) is 4.99 Å². The summed E-state index contributed by atoms with van der Waals surface area (Å²) in [5.41, 5.74) is 8.23. The minimum atomic E-state index is 0. The average Bonchev–Trinajstić information content (AvgIpc) is 2.04. The number of nitrogens with zero attached hydrogens (tertiary/aromatic N) is 1. The lowest BCUT2D eigenvalue weighted by Crippen LogP contribution is -2.19. The summed E-state index contributed by atoms with van der Waals surface area (Å²) in [5.74, 6) is 0.753. The summed E-state index contributed by atoms with van der Waals surface area (Å²) in [5, 5.41) is 0. The molecule has 0 spiro atoms. The molecule has 12 heavy (non-hydrogen) atoms. The van der Waals surface area contributed by atoms with E-state index in [1.54, 1.807) is 0 Å². The highest BCUT2D eigenvalue weighted by Crippen LogP contribution is 2.14. The second kappa shape index (κ2) is 3.89. The van der Waals surface area contributed by atoms with Crippen LogP contribution < -0.4 is 5.73 Å². The quantitative estimate of drug-likeness (QED) is 0.719. The SMILES string of the molecule is I.NC1=NCc2ccccc2C1. The van der Waals surface area contributed by atoms with Crippen LogP contribution in [0.25, 0.3) is 0 Å². The second-order valence-corrected chi connectivity index (χ2v) is 2.75. The van der Waals surface area contributed by atoms with Crippen LogP contribution in [0.2, 0.25) is 0 Å². The van der Waals surface area contributed by atoms with Gasteiger partial charge in [-0.2, -0.15) is 0 Å². The molecular formula is C9H11IN2. The zero-order valence-corrected chi connectivity index (χ0v) is 8.99. The van der Waals surface area contributed by atoms with Gasteiger partial charge in [0, 0.05) is 6.42 Å². The van der Waals surface area contributed by atoms with E-state index in [1.165, 1.54) is 11.1 Å². The maximum absolute atomic E-state index is 5.60. The monoisotopic (exact) mass is 274 g/mol. The molecule has 64 valence electrons. The molecule has 0 saturated carbocycles. The normalized spacial score (nSPS) is 14.2. The van der Waals surface area contributed by atoms with Gasteiger partial charge >= 0.3 is 0 Å². The Hall–Kier alpha value is -0.580. The van der Waals surface area contributed by atoms with E-state index < -0.39 is 0 Å². The standard InChI is InChI=1S/C9H10N2.HI/c10-9-5-7-3-1-2-4-8(7)6-11-9;/h1-4H,5-6H2,(H2,10,11);1H. The average molecular weight is 274 g/mol. The van der Waals surface area contributed by atoms with E-state index >= 15 is 0 Å². The second-order valence-electron chi connectivity index (χ2n) is 2.75. The molecule has 0 aromatic heterocycles. The van der Waals surface area contributed by atoms with Gasteiger partial charge in [0.1, 0.15) is 0 Å². The van der Waals surface area contributed by atoms with Gasteiger partial charge in [-0.15, -0.1) is 24.0 Å². The lowest BCUT2D eigenvalue weighted by Gasteiger charge is -2.12. The highest BCUT2D eigenvalue weighted by atomic mass is 127. The third-order valence-corrected chi connectivity index (χ3v) is 1.94. The third kappa shape index (κ3) is 1.77. The van der Waals surface area contributed by atoms with Gasteiger partial charge in [0.05, 0.1) is 12.4 Å². The molecule has 3 heteroatoms. The smallest absolute Gasteiger partial charge is 0.0985 e. The fourth-order valence-electron chi connectivity index (χ4n) is 1.32. The summed E-state index contributed by atoms with van der Waals surface area (Å²) in [6, 6.07) is 8.29. The number of fused-ring (bicyclic) bond motifs is 1. The molecule has 0 amide bonds. The van der Waals surface area contributed by atoms with Crippen LogP contribution in [-0.2, 0) is 13.0 Å². The van der Waals surface area contributed by atoms with Gasteiger partial charge in [0.15, 0.2) is 0 Å². The largest absolute Gasteiger partial charge is 0.387 e. The fraction of sp³-hybridized carbons (Fsp3) is 0.222. The molecule has 1 aromatic rings. The summed E-state index contributed by atoms with van der Waals surface area (Å²) in [6.07, 6.45) is 0.816. The molecule has 0 unspecified atom stereocenters. The van der Waals surface area contributed by atoms with E-state index in [0.29, 0.717) is 0 Å². The van der Waals surface area contributed by atoms with E-state index in [9.17, 15) is 0 Å². The highest BCUT2D eigenvalue weighted by molar-refractivity contribution is 14.0. The summed E-state index contributed by atoms with van der Waals surface area (Å²) in [4.78, 5) is 4.17. The first-order chi connectivity index (χ1) is 5.36. The minimum absolute atomic E-state index is 0. The molecule has 0 radical (unpaired) electrons. The Morgan fingerprint density at radius 3 is 2.58 bits per heavy atom. The molecule has 0 saturated heterocycles. The number of benzene rings is 1. The topological polar surface area (TPSA) is 38.4 Å². The van der Waals surface area contributed by atoms with E-state index in [2.05, 4.69) is 17.1 Å². The number of halogens is 1. The van der Waals surface area contributed by atoms with Crippen molar-refractivity contribution in [1.29, 1.82) is 0 Å². The van der Waals surface area contributed by atoms with Crippen LogP contribution in [0.15, 0.2) is 29.3 Å². The summed E-state index contributed by atoms with van der Waals surface area (Å²) in [7, 11) is 0. The van der Waals surface area contributed by atoms with Crippen molar-refractivity contribution < 1.29 is 0 Å². The molecule has 0 bridgehead atoms. The number of hydrogen-bond acceptors (Lipinski definition) is 2. The number of aliphatic imine (C=N–C) groups is 1. The highest BCUT2D eigenvalue weighted by Gasteiger charge is 2.07. The van der Waals surface area contributed by atoms with Crippen LogP contribution in [0.5, 0.6) is 0 Å². The summed E-state index contributed by atoms with van der Waals surface area (Å²) >= 11 is 0. The maximum Gasteiger partial charge on any atom is 0.0985 e. The van der Waals surface area contributed by atoms with Crippen molar-refractivity contribution in [3.05, 3.63) is 35.4 Å². The van der Waals surface area contributed by atoms with Crippen molar-refractivity contribution in [2.75, 3.05) is 0 Å². The Bertz CT molecular complexity index is 307. The summed E-state index contributed by atoms with van der Waals surface area (Å²) < 4.78 is 0. The zero-order chi connectivity index (χ0) is 7.68. The van der Waals surface area contributed by atoms with E-state index in [4.69, 9.17) is 5.73 Å². The van der Waals surface area contributed by atoms with Crippen LogP contribution in [0, 0.1) is 0 Å². The molecule has 2 N–H and O–H groups in total. The van der Waals surface area contributed by atoms with Crippen LogP contribution in [0.3, 0.4) is 0 Å². The van der Waals surface area contributed by atoms with Crippen LogP contribution >= 0.6 is 24.0 Å². The molecule has 0 fully saturated rings. The fourth-order valence-corrected chi connectivity index (χ4v) is 1.32. The van der Waals surface area contributed by atoms with Crippen molar-refractivity contribution in [2.24, 2.45) is 10.7 Å². The molecule has 2 rings (SSSR count). The van der Waals surface area contributed by atoms with Crippen molar-refractivity contribution in [3.8, 4) is 0 Å². The lowest BCUT2D eigenvalue weighted by molar-refractivity contribution is 0.978. The van der Waals surface area contributed by atoms with E-state index in [-0.39, 0.29) is 24.0 Å². The lowest BCUT2D eigenvalue weighted by atomic mass is 10.0. The molecule has 1 aliphatic heterocycles. The number of amidine groups is 1. The Balaban J connectivity index is 0.000000720. The Kier molecular flexibility index (Phi) is 3.08. The zero-order valence-electron chi connectivity index (χ0n) is 6.66. The van der Waals surface area contributed by atoms with E-state index in [1.807, 2.05) is 12.1 Å². The first-order valence-corrected chi connectivity index (χ1v) is 3.72. The minimum Gasteiger partial charge on any atom is -0.387 e. The first-order valence-electron chi connectivity index (χ1n) is 3.72. The third-order valence-electron chi connectivity index (χ3n) is 1.94. The molecule has 0 aliphatic carbocycles. The van der Waals surface area contributed by atoms with Crippen molar-refractivity contribution in [3.63, 3.8) is 0 Å². The Labute approximate surface area is 88.9 Å².